The van der Waals surface area contributed by atoms with Crippen LogP contribution >= 0.6 is 0 Å². The highest BCUT2D eigenvalue weighted by Crippen LogP contribution is 2.29. The smallest absolute Gasteiger partial charge is 0.217 e. The van der Waals surface area contributed by atoms with Crippen molar-refractivity contribution in [3.63, 3.8) is 0 Å². The first-order valence-corrected chi connectivity index (χ1v) is 7.37. The van der Waals surface area contributed by atoms with Gasteiger partial charge in [0.15, 0.2) is 0 Å². The van der Waals surface area contributed by atoms with Gasteiger partial charge < -0.3 is 10.1 Å². The highest BCUT2D eigenvalue weighted by atomic mass is 16.5. The summed E-state index contributed by atoms with van der Waals surface area (Å²) in [5.41, 5.74) is 1.42. The van der Waals surface area contributed by atoms with Crippen LogP contribution in [0.3, 0.4) is 0 Å². The Morgan fingerprint density at radius 1 is 1.45 bits per heavy atom. The SMILES string of the molecule is COc1ncccc1CN1CC(C)NCC1C(C)(C)C. The number of aromatic nitrogens is 1. The lowest BCUT2D eigenvalue weighted by Gasteiger charge is -2.46. The number of nitrogens with one attached hydrogen (secondary N) is 1. The van der Waals surface area contributed by atoms with Gasteiger partial charge in [-0.25, -0.2) is 4.98 Å². The van der Waals surface area contributed by atoms with Crippen LogP contribution in [0.5, 0.6) is 5.88 Å². The molecule has 4 heteroatoms. The zero-order valence-corrected chi connectivity index (χ0v) is 13.3. The minimum Gasteiger partial charge on any atom is -0.481 e. The molecule has 20 heavy (non-hydrogen) atoms. The molecule has 2 heterocycles. The summed E-state index contributed by atoms with van der Waals surface area (Å²) >= 11 is 0. The van der Waals surface area contributed by atoms with Crippen molar-refractivity contribution in [2.75, 3.05) is 20.2 Å². The number of pyridine rings is 1. The van der Waals surface area contributed by atoms with Gasteiger partial charge in [0, 0.05) is 43.5 Å². The van der Waals surface area contributed by atoms with E-state index in [0.717, 1.165) is 25.5 Å². The molecule has 2 atom stereocenters. The molecule has 1 aromatic heterocycles. The van der Waals surface area contributed by atoms with Crippen molar-refractivity contribution < 1.29 is 4.74 Å². The molecule has 1 aliphatic heterocycles. The third-order valence-corrected chi connectivity index (χ3v) is 4.03. The minimum absolute atomic E-state index is 0.253. The third kappa shape index (κ3) is 3.49. The maximum absolute atomic E-state index is 5.38. The fourth-order valence-corrected chi connectivity index (χ4v) is 2.96. The Morgan fingerprint density at radius 2 is 2.20 bits per heavy atom. The van der Waals surface area contributed by atoms with Crippen LogP contribution in [-0.4, -0.2) is 42.2 Å². The van der Waals surface area contributed by atoms with Crippen molar-refractivity contribution in [3.05, 3.63) is 23.9 Å². The molecule has 0 radical (unpaired) electrons. The molecule has 0 aromatic carbocycles. The van der Waals surface area contributed by atoms with Crippen molar-refractivity contribution in [2.24, 2.45) is 5.41 Å². The first-order chi connectivity index (χ1) is 9.41. The molecular formula is C16H27N3O. The average molecular weight is 277 g/mol. The van der Waals surface area contributed by atoms with Crippen LogP contribution in [0.15, 0.2) is 18.3 Å². The van der Waals surface area contributed by atoms with Crippen LogP contribution < -0.4 is 10.1 Å². The molecule has 0 amide bonds. The van der Waals surface area contributed by atoms with Crippen LogP contribution in [0.25, 0.3) is 0 Å². The monoisotopic (exact) mass is 277 g/mol. The Labute approximate surface area is 122 Å². The van der Waals surface area contributed by atoms with E-state index in [1.807, 2.05) is 6.07 Å². The largest absolute Gasteiger partial charge is 0.481 e. The second kappa shape index (κ2) is 6.10. The maximum Gasteiger partial charge on any atom is 0.217 e. The standard InChI is InChI=1S/C16H27N3O/c1-12-10-19(14(9-18-12)16(2,3)4)11-13-7-6-8-17-15(13)20-5/h6-8,12,14,18H,9-11H2,1-5H3. The van der Waals surface area contributed by atoms with Crippen molar-refractivity contribution in [3.8, 4) is 5.88 Å². The lowest BCUT2D eigenvalue weighted by Crippen LogP contribution is -2.59. The summed E-state index contributed by atoms with van der Waals surface area (Å²) < 4.78 is 5.38. The van der Waals surface area contributed by atoms with Crippen LogP contribution in [0.1, 0.15) is 33.3 Å². The van der Waals surface area contributed by atoms with Gasteiger partial charge in [-0.3, -0.25) is 4.90 Å². The van der Waals surface area contributed by atoms with E-state index < -0.39 is 0 Å². The van der Waals surface area contributed by atoms with Gasteiger partial charge in [-0.05, 0) is 18.4 Å². The van der Waals surface area contributed by atoms with E-state index in [2.05, 4.69) is 49.0 Å². The number of nitrogens with zero attached hydrogens (tertiary/aromatic N) is 2. The van der Waals surface area contributed by atoms with E-state index in [0.29, 0.717) is 12.1 Å². The molecule has 2 unspecified atom stereocenters. The topological polar surface area (TPSA) is 37.4 Å². The highest BCUT2D eigenvalue weighted by molar-refractivity contribution is 5.25. The molecular weight excluding hydrogens is 250 g/mol. The molecule has 0 aliphatic carbocycles. The van der Waals surface area contributed by atoms with E-state index in [1.165, 1.54) is 5.56 Å². The molecule has 1 N–H and O–H groups in total. The second-order valence-corrected chi connectivity index (χ2v) is 6.79. The van der Waals surface area contributed by atoms with Gasteiger partial charge in [0.1, 0.15) is 0 Å². The predicted molar refractivity (Wildman–Crippen MR) is 81.9 cm³/mol. The summed E-state index contributed by atoms with van der Waals surface area (Å²) in [5, 5.41) is 3.59. The van der Waals surface area contributed by atoms with Crippen molar-refractivity contribution >= 4 is 0 Å². The molecule has 0 bridgehead atoms. The normalized spacial score (nSPS) is 24.6. The van der Waals surface area contributed by atoms with E-state index >= 15 is 0 Å². The van der Waals surface area contributed by atoms with E-state index in [1.54, 1.807) is 13.3 Å². The number of ether oxygens (including phenoxy) is 1. The minimum atomic E-state index is 0.253. The zero-order valence-electron chi connectivity index (χ0n) is 13.3. The molecule has 0 saturated carbocycles. The van der Waals surface area contributed by atoms with Crippen LogP contribution in [-0.2, 0) is 6.54 Å². The molecule has 112 valence electrons. The zero-order chi connectivity index (χ0) is 14.8. The van der Waals surface area contributed by atoms with Crippen LogP contribution in [0.2, 0.25) is 0 Å². The lowest BCUT2D eigenvalue weighted by atomic mass is 9.84. The molecule has 0 spiro atoms. The Bertz CT molecular complexity index is 442. The number of rotatable bonds is 3. The van der Waals surface area contributed by atoms with Gasteiger partial charge in [0.2, 0.25) is 5.88 Å². The Morgan fingerprint density at radius 3 is 2.85 bits per heavy atom. The number of hydrogen-bond donors (Lipinski definition) is 1. The van der Waals surface area contributed by atoms with E-state index in [9.17, 15) is 0 Å². The van der Waals surface area contributed by atoms with Crippen molar-refractivity contribution in [1.82, 2.24) is 15.2 Å². The molecule has 1 fully saturated rings. The first kappa shape index (κ1) is 15.3. The van der Waals surface area contributed by atoms with Gasteiger partial charge in [-0.1, -0.05) is 26.8 Å². The molecule has 2 rings (SSSR count). The van der Waals surface area contributed by atoms with Gasteiger partial charge in [-0.15, -0.1) is 0 Å². The Kier molecular flexibility index (Phi) is 4.66. The van der Waals surface area contributed by atoms with Crippen LogP contribution in [0.4, 0.5) is 0 Å². The predicted octanol–water partition coefficient (Wildman–Crippen LogP) is 2.30. The summed E-state index contributed by atoms with van der Waals surface area (Å²) in [6.07, 6.45) is 1.78. The fourth-order valence-electron chi connectivity index (χ4n) is 2.96. The summed E-state index contributed by atoms with van der Waals surface area (Å²) in [4.78, 5) is 6.86. The summed E-state index contributed by atoms with van der Waals surface area (Å²) in [6, 6.07) is 5.13. The number of methoxy groups -OCH3 is 1. The molecule has 4 nitrogen and oxygen atoms in total. The highest BCUT2D eigenvalue weighted by Gasteiger charge is 2.34. The van der Waals surface area contributed by atoms with Gasteiger partial charge in [-0.2, -0.15) is 0 Å². The third-order valence-electron chi connectivity index (χ3n) is 4.03. The Balaban J connectivity index is 2.19. The summed E-state index contributed by atoms with van der Waals surface area (Å²) in [5.74, 6) is 0.742. The maximum atomic E-state index is 5.38. The first-order valence-electron chi connectivity index (χ1n) is 7.37. The van der Waals surface area contributed by atoms with Gasteiger partial charge >= 0.3 is 0 Å². The van der Waals surface area contributed by atoms with E-state index in [4.69, 9.17) is 4.74 Å². The van der Waals surface area contributed by atoms with Gasteiger partial charge in [0.25, 0.3) is 0 Å². The fraction of sp³-hybridized carbons (Fsp3) is 0.688. The Hall–Kier alpha value is -1.13. The quantitative estimate of drug-likeness (QED) is 0.920. The lowest BCUT2D eigenvalue weighted by molar-refractivity contribution is 0.0519. The average Bonchev–Trinajstić information content (AvgIpc) is 2.38. The molecule has 1 aromatic rings. The summed E-state index contributed by atoms with van der Waals surface area (Å²) in [6.45, 7) is 12.2. The van der Waals surface area contributed by atoms with Crippen LogP contribution in [0, 0.1) is 5.41 Å². The van der Waals surface area contributed by atoms with Crippen molar-refractivity contribution in [1.29, 1.82) is 0 Å². The molecule has 1 saturated heterocycles. The van der Waals surface area contributed by atoms with Gasteiger partial charge in [0.05, 0.1) is 7.11 Å². The summed E-state index contributed by atoms with van der Waals surface area (Å²) in [7, 11) is 1.69. The second-order valence-electron chi connectivity index (χ2n) is 6.79. The number of hydrogen-bond acceptors (Lipinski definition) is 4. The van der Waals surface area contributed by atoms with Crippen molar-refractivity contribution in [2.45, 2.75) is 46.3 Å². The number of piperazine rings is 1. The molecule has 1 aliphatic rings. The van der Waals surface area contributed by atoms with E-state index in [-0.39, 0.29) is 5.41 Å².